The highest BCUT2D eigenvalue weighted by atomic mass is 16.1. The molecule has 0 atom stereocenters. The van der Waals surface area contributed by atoms with E-state index in [9.17, 15) is 4.79 Å². The number of hydrogen-bond acceptors (Lipinski definition) is 4. The van der Waals surface area contributed by atoms with Gasteiger partial charge in [0.15, 0.2) is 0 Å². The summed E-state index contributed by atoms with van der Waals surface area (Å²) < 4.78 is 3.69. The number of amides is 1. The van der Waals surface area contributed by atoms with Crippen molar-refractivity contribution in [2.24, 2.45) is 0 Å². The Morgan fingerprint density at radius 3 is 2.54 bits per heavy atom. The average molecular weight is 372 g/mol. The van der Waals surface area contributed by atoms with Crippen molar-refractivity contribution in [1.82, 2.24) is 29.6 Å². The second kappa shape index (κ2) is 7.48. The Bertz CT molecular complexity index is 1080. The summed E-state index contributed by atoms with van der Waals surface area (Å²) in [5, 5.41) is 7.38. The summed E-state index contributed by atoms with van der Waals surface area (Å²) >= 11 is 0. The minimum absolute atomic E-state index is 0.126. The van der Waals surface area contributed by atoms with Crippen molar-refractivity contribution in [3.8, 4) is 11.5 Å². The zero-order valence-corrected chi connectivity index (χ0v) is 15.7. The molecule has 3 aromatic heterocycles. The van der Waals surface area contributed by atoms with Crippen LogP contribution in [0.3, 0.4) is 0 Å². The van der Waals surface area contributed by atoms with Crippen LogP contribution < -0.4 is 5.32 Å². The second-order valence-corrected chi connectivity index (χ2v) is 6.56. The summed E-state index contributed by atoms with van der Waals surface area (Å²) in [7, 11) is 0. The summed E-state index contributed by atoms with van der Waals surface area (Å²) in [6.07, 6.45) is 6.98. The zero-order valence-electron chi connectivity index (χ0n) is 15.7. The van der Waals surface area contributed by atoms with Crippen molar-refractivity contribution >= 4 is 5.91 Å². The molecule has 140 valence electrons. The van der Waals surface area contributed by atoms with Crippen LogP contribution in [0.15, 0.2) is 67.4 Å². The van der Waals surface area contributed by atoms with Crippen LogP contribution in [0, 0.1) is 13.8 Å². The summed E-state index contributed by atoms with van der Waals surface area (Å²) in [5.74, 6) is 0.658. The Kier molecular flexibility index (Phi) is 4.72. The first-order valence-electron chi connectivity index (χ1n) is 8.95. The third kappa shape index (κ3) is 3.68. The molecule has 1 aromatic carbocycles. The molecule has 0 aliphatic rings. The maximum absolute atomic E-state index is 12.4. The van der Waals surface area contributed by atoms with E-state index in [1.54, 1.807) is 18.7 Å². The van der Waals surface area contributed by atoms with Crippen LogP contribution in [0.4, 0.5) is 0 Å². The molecule has 0 bridgehead atoms. The number of aromatic nitrogens is 5. The fourth-order valence-corrected chi connectivity index (χ4v) is 3.00. The van der Waals surface area contributed by atoms with Gasteiger partial charge in [-0.05, 0) is 55.8 Å². The number of carbonyl (C=O) groups excluding carboxylic acids is 1. The molecule has 4 aromatic rings. The third-order valence-corrected chi connectivity index (χ3v) is 4.41. The summed E-state index contributed by atoms with van der Waals surface area (Å²) in [5.41, 5.74) is 4.49. The lowest BCUT2D eigenvalue weighted by atomic mass is 10.2. The molecule has 0 spiro atoms. The van der Waals surface area contributed by atoms with Crippen molar-refractivity contribution in [3.05, 3.63) is 89.9 Å². The lowest BCUT2D eigenvalue weighted by molar-refractivity contribution is 0.0951. The minimum Gasteiger partial charge on any atom is -0.348 e. The highest BCUT2D eigenvalue weighted by molar-refractivity contribution is 5.94. The van der Waals surface area contributed by atoms with Gasteiger partial charge >= 0.3 is 0 Å². The molecule has 4 rings (SSSR count). The van der Waals surface area contributed by atoms with Gasteiger partial charge in [0.25, 0.3) is 5.91 Å². The molecule has 0 saturated heterocycles. The summed E-state index contributed by atoms with van der Waals surface area (Å²) in [4.78, 5) is 20.8. The molecule has 0 aliphatic heterocycles. The van der Waals surface area contributed by atoms with Crippen molar-refractivity contribution < 1.29 is 4.79 Å². The first-order chi connectivity index (χ1) is 13.6. The molecule has 0 saturated carbocycles. The maximum atomic E-state index is 12.4. The van der Waals surface area contributed by atoms with Crippen LogP contribution >= 0.6 is 0 Å². The molecule has 28 heavy (non-hydrogen) atoms. The SMILES string of the molecule is Cc1cc(C)n(-c2ccc(C(=O)NCc3ccc(-n4ccnc4)nc3)cc2)n1. The Morgan fingerprint density at radius 2 is 1.93 bits per heavy atom. The van der Waals surface area contributed by atoms with Gasteiger partial charge in [-0.15, -0.1) is 0 Å². The third-order valence-electron chi connectivity index (χ3n) is 4.41. The number of hydrogen-bond donors (Lipinski definition) is 1. The van der Waals surface area contributed by atoms with E-state index in [4.69, 9.17) is 0 Å². The highest BCUT2D eigenvalue weighted by Gasteiger charge is 2.08. The van der Waals surface area contributed by atoms with Gasteiger partial charge in [-0.2, -0.15) is 5.10 Å². The molecule has 1 amide bonds. The Labute approximate surface area is 162 Å². The molecular formula is C21H20N6O. The van der Waals surface area contributed by atoms with Gasteiger partial charge in [0.1, 0.15) is 12.1 Å². The fraction of sp³-hybridized carbons (Fsp3) is 0.143. The lowest BCUT2D eigenvalue weighted by Crippen LogP contribution is -2.22. The fourth-order valence-electron chi connectivity index (χ4n) is 3.00. The lowest BCUT2D eigenvalue weighted by Gasteiger charge is -2.08. The van der Waals surface area contributed by atoms with Gasteiger partial charge in [-0.3, -0.25) is 9.36 Å². The molecule has 0 fully saturated rings. The largest absolute Gasteiger partial charge is 0.348 e. The van der Waals surface area contributed by atoms with Crippen LogP contribution in [0.5, 0.6) is 0 Å². The van der Waals surface area contributed by atoms with E-state index < -0.39 is 0 Å². The average Bonchev–Trinajstić information content (AvgIpc) is 3.36. The van der Waals surface area contributed by atoms with Crippen LogP contribution in [-0.4, -0.2) is 30.2 Å². The second-order valence-electron chi connectivity index (χ2n) is 6.56. The van der Waals surface area contributed by atoms with Gasteiger partial charge < -0.3 is 5.32 Å². The number of nitrogens with zero attached hydrogens (tertiary/aromatic N) is 5. The number of rotatable bonds is 5. The number of pyridine rings is 1. The van der Waals surface area contributed by atoms with Gasteiger partial charge in [0, 0.05) is 36.4 Å². The molecule has 0 aliphatic carbocycles. The van der Waals surface area contributed by atoms with Crippen LogP contribution in [0.25, 0.3) is 11.5 Å². The molecule has 7 nitrogen and oxygen atoms in total. The van der Waals surface area contributed by atoms with Gasteiger partial charge in [0.05, 0.1) is 11.4 Å². The van der Waals surface area contributed by atoms with Gasteiger partial charge in [0.2, 0.25) is 0 Å². The van der Waals surface area contributed by atoms with Gasteiger partial charge in [-0.1, -0.05) is 6.07 Å². The van der Waals surface area contributed by atoms with E-state index >= 15 is 0 Å². The summed E-state index contributed by atoms with van der Waals surface area (Å²) in [6.45, 7) is 4.38. The van der Waals surface area contributed by atoms with E-state index in [1.165, 1.54) is 0 Å². The van der Waals surface area contributed by atoms with Crippen molar-refractivity contribution in [1.29, 1.82) is 0 Å². The number of nitrogens with one attached hydrogen (secondary N) is 1. The molecule has 0 radical (unpaired) electrons. The van der Waals surface area contributed by atoms with Crippen molar-refractivity contribution in [2.75, 3.05) is 0 Å². The Balaban J connectivity index is 1.39. The molecule has 1 N–H and O–H groups in total. The monoisotopic (exact) mass is 372 g/mol. The van der Waals surface area contributed by atoms with E-state index in [0.717, 1.165) is 28.5 Å². The highest BCUT2D eigenvalue weighted by Crippen LogP contribution is 2.13. The number of imidazole rings is 1. The number of aryl methyl sites for hydroxylation is 2. The van der Waals surface area contributed by atoms with Crippen molar-refractivity contribution in [2.45, 2.75) is 20.4 Å². The molecule has 0 unspecified atom stereocenters. The predicted octanol–water partition coefficient (Wildman–Crippen LogP) is 3.00. The van der Waals surface area contributed by atoms with Crippen LogP contribution in [0.1, 0.15) is 27.3 Å². The van der Waals surface area contributed by atoms with Crippen LogP contribution in [0.2, 0.25) is 0 Å². The normalized spacial score (nSPS) is 10.8. The van der Waals surface area contributed by atoms with E-state index in [2.05, 4.69) is 20.4 Å². The van der Waals surface area contributed by atoms with Crippen molar-refractivity contribution in [3.63, 3.8) is 0 Å². The Morgan fingerprint density at radius 1 is 1.11 bits per heavy atom. The van der Waals surface area contributed by atoms with E-state index in [-0.39, 0.29) is 5.91 Å². The number of carbonyl (C=O) groups is 1. The maximum Gasteiger partial charge on any atom is 0.251 e. The topological polar surface area (TPSA) is 77.6 Å². The van der Waals surface area contributed by atoms with E-state index in [0.29, 0.717) is 12.1 Å². The minimum atomic E-state index is -0.126. The van der Waals surface area contributed by atoms with Gasteiger partial charge in [-0.25, -0.2) is 14.6 Å². The molecule has 3 heterocycles. The number of benzene rings is 1. The zero-order chi connectivity index (χ0) is 19.5. The standard InChI is InChI=1S/C21H20N6O/c1-15-11-16(2)27(25-15)19-6-4-18(5-7-19)21(28)24-13-17-3-8-20(23-12-17)26-10-9-22-14-26/h3-12,14H,13H2,1-2H3,(H,24,28). The summed E-state index contributed by atoms with van der Waals surface area (Å²) in [6, 6.07) is 13.3. The molecular weight excluding hydrogens is 352 g/mol. The van der Waals surface area contributed by atoms with Crippen LogP contribution in [-0.2, 0) is 6.54 Å². The quantitative estimate of drug-likeness (QED) is 0.584. The van der Waals surface area contributed by atoms with E-state index in [1.807, 2.05) is 71.8 Å². The predicted molar refractivity (Wildman–Crippen MR) is 106 cm³/mol. The molecule has 7 heteroatoms. The first-order valence-corrected chi connectivity index (χ1v) is 8.95. The first kappa shape index (κ1) is 17.7. The smallest absolute Gasteiger partial charge is 0.251 e. The Hall–Kier alpha value is -3.74.